The van der Waals surface area contributed by atoms with Gasteiger partial charge in [0.25, 0.3) is 0 Å². The van der Waals surface area contributed by atoms with Gasteiger partial charge >= 0.3 is 0 Å². The molecule has 2 heterocycles. The van der Waals surface area contributed by atoms with E-state index in [1.807, 2.05) is 54.6 Å². The van der Waals surface area contributed by atoms with Crippen molar-refractivity contribution in [2.24, 2.45) is 0 Å². The summed E-state index contributed by atoms with van der Waals surface area (Å²) in [7, 11) is 0. The molecular weight excluding hydrogens is 366 g/mol. The molecule has 29 heavy (non-hydrogen) atoms. The first kappa shape index (κ1) is 19.2. The van der Waals surface area contributed by atoms with Crippen molar-refractivity contribution in [2.75, 3.05) is 24.5 Å². The number of hydrogen-bond acceptors (Lipinski definition) is 3. The molecule has 1 unspecified atom stereocenters. The second-order valence-electron chi connectivity index (χ2n) is 7.55. The lowest BCUT2D eigenvalue weighted by Crippen LogP contribution is -2.52. The van der Waals surface area contributed by atoms with Crippen LogP contribution in [0.5, 0.6) is 0 Å². The molecule has 150 valence electrons. The first-order chi connectivity index (χ1) is 14.1. The topological polar surface area (TPSA) is 69.7 Å². The number of nitrogens with zero attached hydrogens (tertiary/aromatic N) is 2. The second kappa shape index (κ2) is 8.47. The van der Waals surface area contributed by atoms with Crippen LogP contribution in [0.15, 0.2) is 54.6 Å². The van der Waals surface area contributed by atoms with Crippen molar-refractivity contribution in [1.82, 2.24) is 10.2 Å². The van der Waals surface area contributed by atoms with Gasteiger partial charge in [-0.25, -0.2) is 0 Å². The van der Waals surface area contributed by atoms with Gasteiger partial charge in [-0.05, 0) is 30.0 Å². The van der Waals surface area contributed by atoms with Crippen LogP contribution in [-0.4, -0.2) is 48.3 Å². The molecule has 2 aromatic rings. The number of carbonyl (C=O) groups is 3. The zero-order valence-electron chi connectivity index (χ0n) is 16.3. The Morgan fingerprint density at radius 1 is 1.00 bits per heavy atom. The molecule has 0 aromatic heterocycles. The maximum absolute atomic E-state index is 13.3. The lowest BCUT2D eigenvalue weighted by Gasteiger charge is -2.33. The Kier molecular flexibility index (Phi) is 5.60. The van der Waals surface area contributed by atoms with Crippen molar-refractivity contribution in [2.45, 2.75) is 31.7 Å². The van der Waals surface area contributed by atoms with Gasteiger partial charge in [-0.3, -0.25) is 14.4 Å². The minimum Gasteiger partial charge on any atom is -0.354 e. The number of para-hydroxylation sites is 1. The summed E-state index contributed by atoms with van der Waals surface area (Å²) in [5.74, 6) is -0.367. The van der Waals surface area contributed by atoms with Gasteiger partial charge in [0.05, 0.1) is 0 Å². The van der Waals surface area contributed by atoms with E-state index < -0.39 is 6.04 Å². The molecule has 1 saturated heterocycles. The van der Waals surface area contributed by atoms with E-state index in [1.54, 1.807) is 9.80 Å². The SMILES string of the molecule is O=C1NCCCN(C(=O)CN2C(=O)CCc3ccccc32)C1Cc1ccccc1. The van der Waals surface area contributed by atoms with E-state index in [0.717, 1.165) is 16.8 Å². The Hall–Kier alpha value is -3.15. The van der Waals surface area contributed by atoms with Crippen LogP contribution in [0.1, 0.15) is 24.0 Å². The highest BCUT2D eigenvalue weighted by atomic mass is 16.2. The van der Waals surface area contributed by atoms with Crippen molar-refractivity contribution in [1.29, 1.82) is 0 Å². The maximum Gasteiger partial charge on any atom is 0.243 e. The molecule has 4 rings (SSSR count). The van der Waals surface area contributed by atoms with E-state index in [1.165, 1.54) is 0 Å². The van der Waals surface area contributed by atoms with Gasteiger partial charge in [-0.2, -0.15) is 0 Å². The van der Waals surface area contributed by atoms with Crippen molar-refractivity contribution in [3.8, 4) is 0 Å². The van der Waals surface area contributed by atoms with E-state index >= 15 is 0 Å². The molecule has 6 heteroatoms. The van der Waals surface area contributed by atoms with Crippen LogP contribution < -0.4 is 10.2 Å². The van der Waals surface area contributed by atoms with Crippen LogP contribution in [0.25, 0.3) is 0 Å². The smallest absolute Gasteiger partial charge is 0.243 e. The number of hydrogen-bond donors (Lipinski definition) is 1. The van der Waals surface area contributed by atoms with E-state index in [-0.39, 0.29) is 24.3 Å². The van der Waals surface area contributed by atoms with Gasteiger partial charge in [-0.1, -0.05) is 48.5 Å². The summed E-state index contributed by atoms with van der Waals surface area (Å²) in [4.78, 5) is 41.8. The second-order valence-corrected chi connectivity index (χ2v) is 7.55. The predicted molar refractivity (Wildman–Crippen MR) is 110 cm³/mol. The summed E-state index contributed by atoms with van der Waals surface area (Å²) in [6.07, 6.45) is 2.26. The van der Waals surface area contributed by atoms with Crippen LogP contribution in [0, 0.1) is 0 Å². The fourth-order valence-corrected chi connectivity index (χ4v) is 4.11. The summed E-state index contributed by atoms with van der Waals surface area (Å²) in [6.45, 7) is 1.02. The van der Waals surface area contributed by atoms with E-state index in [0.29, 0.717) is 38.8 Å². The lowest BCUT2D eigenvalue weighted by atomic mass is 10.0. The molecule has 0 radical (unpaired) electrons. The number of aryl methyl sites for hydroxylation is 1. The highest BCUT2D eigenvalue weighted by Gasteiger charge is 2.34. The van der Waals surface area contributed by atoms with Crippen molar-refractivity contribution < 1.29 is 14.4 Å². The average molecular weight is 391 g/mol. The van der Waals surface area contributed by atoms with Crippen LogP contribution in [0.3, 0.4) is 0 Å². The highest BCUT2D eigenvalue weighted by Crippen LogP contribution is 2.27. The molecule has 0 bridgehead atoms. The molecule has 1 N–H and O–H groups in total. The Bertz CT molecular complexity index is 913. The summed E-state index contributed by atoms with van der Waals surface area (Å²) >= 11 is 0. The number of anilines is 1. The van der Waals surface area contributed by atoms with Gasteiger partial charge < -0.3 is 15.1 Å². The molecule has 0 saturated carbocycles. The fourth-order valence-electron chi connectivity index (χ4n) is 4.11. The monoisotopic (exact) mass is 391 g/mol. The van der Waals surface area contributed by atoms with E-state index in [4.69, 9.17) is 0 Å². The number of amides is 3. The number of fused-ring (bicyclic) bond motifs is 1. The van der Waals surface area contributed by atoms with Gasteiger partial charge in [-0.15, -0.1) is 0 Å². The Balaban J connectivity index is 1.57. The van der Waals surface area contributed by atoms with Gasteiger partial charge in [0, 0.05) is 31.6 Å². The van der Waals surface area contributed by atoms with Gasteiger partial charge in [0.1, 0.15) is 12.6 Å². The largest absolute Gasteiger partial charge is 0.354 e. The molecule has 2 aliphatic heterocycles. The van der Waals surface area contributed by atoms with Crippen molar-refractivity contribution in [3.63, 3.8) is 0 Å². The van der Waals surface area contributed by atoms with Crippen LogP contribution in [0.2, 0.25) is 0 Å². The Labute approximate surface area is 170 Å². The minimum absolute atomic E-state index is 0.0333. The molecule has 2 aliphatic rings. The highest BCUT2D eigenvalue weighted by molar-refractivity contribution is 6.01. The number of rotatable bonds is 4. The van der Waals surface area contributed by atoms with Gasteiger partial charge in [0.2, 0.25) is 17.7 Å². The molecule has 6 nitrogen and oxygen atoms in total. The summed E-state index contributed by atoms with van der Waals surface area (Å²) in [5, 5.41) is 2.91. The molecule has 0 aliphatic carbocycles. The Morgan fingerprint density at radius 2 is 1.76 bits per heavy atom. The number of nitrogens with one attached hydrogen (secondary N) is 1. The average Bonchev–Trinajstić information content (AvgIpc) is 2.92. The maximum atomic E-state index is 13.3. The minimum atomic E-state index is -0.567. The summed E-state index contributed by atoms with van der Waals surface area (Å²) in [5.41, 5.74) is 2.89. The third-order valence-corrected chi connectivity index (χ3v) is 5.63. The Morgan fingerprint density at radius 3 is 2.59 bits per heavy atom. The quantitative estimate of drug-likeness (QED) is 0.866. The van der Waals surface area contributed by atoms with E-state index in [9.17, 15) is 14.4 Å². The first-order valence-corrected chi connectivity index (χ1v) is 10.1. The van der Waals surface area contributed by atoms with E-state index in [2.05, 4.69) is 5.32 Å². The predicted octanol–water partition coefficient (Wildman–Crippen LogP) is 1.93. The molecule has 3 amide bonds. The van der Waals surface area contributed by atoms with Crippen molar-refractivity contribution in [3.05, 3.63) is 65.7 Å². The standard InChI is InChI=1S/C23H25N3O3/c27-21-12-11-18-9-4-5-10-19(18)26(21)16-22(28)25-14-6-13-24-23(29)20(25)15-17-7-2-1-3-8-17/h1-5,7-10,20H,6,11-16H2,(H,24,29). The third kappa shape index (κ3) is 4.16. The normalized spacial score (nSPS) is 19.4. The molecule has 1 fully saturated rings. The summed E-state index contributed by atoms with van der Waals surface area (Å²) < 4.78 is 0. The summed E-state index contributed by atoms with van der Waals surface area (Å²) in [6, 6.07) is 16.9. The molecule has 2 aromatic carbocycles. The molecular formula is C23H25N3O3. The first-order valence-electron chi connectivity index (χ1n) is 10.1. The third-order valence-electron chi connectivity index (χ3n) is 5.63. The number of benzene rings is 2. The molecule has 0 spiro atoms. The zero-order chi connectivity index (χ0) is 20.2. The van der Waals surface area contributed by atoms with Crippen molar-refractivity contribution >= 4 is 23.4 Å². The van der Waals surface area contributed by atoms with Gasteiger partial charge in [0.15, 0.2) is 0 Å². The zero-order valence-corrected chi connectivity index (χ0v) is 16.3. The van der Waals surface area contributed by atoms with Crippen LogP contribution >= 0.6 is 0 Å². The molecule has 1 atom stereocenters. The van der Waals surface area contributed by atoms with Crippen LogP contribution in [0.4, 0.5) is 5.69 Å². The lowest BCUT2D eigenvalue weighted by molar-refractivity contribution is -0.139. The fraction of sp³-hybridized carbons (Fsp3) is 0.348. The van der Waals surface area contributed by atoms with Crippen LogP contribution in [-0.2, 0) is 27.2 Å². The number of carbonyl (C=O) groups excluding carboxylic acids is 3.